The van der Waals surface area contributed by atoms with Crippen LogP contribution >= 0.6 is 0 Å². The first kappa shape index (κ1) is 21.9. The molecule has 3 fully saturated rings. The first-order valence-electron chi connectivity index (χ1n) is 12.0. The summed E-state index contributed by atoms with van der Waals surface area (Å²) in [6.45, 7) is 1.53. The number of nitrogens with one attached hydrogen (secondary N) is 1. The van der Waals surface area contributed by atoms with E-state index < -0.39 is 5.41 Å². The largest absolute Gasteiger partial charge is 0.335 e. The minimum Gasteiger partial charge on any atom is -0.335 e. The molecule has 5 rings (SSSR count). The molecule has 1 saturated carbocycles. The van der Waals surface area contributed by atoms with E-state index in [1.165, 1.54) is 25.0 Å². The number of nitrogens with two attached hydrogens (primary N) is 1. The molecule has 2 saturated heterocycles. The van der Waals surface area contributed by atoms with Crippen LogP contribution in [-0.4, -0.2) is 36.0 Å². The summed E-state index contributed by atoms with van der Waals surface area (Å²) in [6.07, 6.45) is 5.64. The molecule has 174 valence electrons. The molecular formula is C26H31FN4O2. The fraction of sp³-hybridized carbons (Fsp3) is 0.462. The van der Waals surface area contributed by atoms with Gasteiger partial charge >= 0.3 is 6.03 Å². The molecule has 0 radical (unpaired) electrons. The highest BCUT2D eigenvalue weighted by molar-refractivity contribution is 6.06. The van der Waals surface area contributed by atoms with Crippen LogP contribution in [0.2, 0.25) is 0 Å². The van der Waals surface area contributed by atoms with Crippen LogP contribution in [0.1, 0.15) is 55.7 Å². The fourth-order valence-corrected chi connectivity index (χ4v) is 5.76. The maximum Gasteiger partial charge on any atom is 0.317 e. The minimum atomic E-state index is -0.575. The number of halogens is 1. The Morgan fingerprint density at radius 3 is 2.27 bits per heavy atom. The van der Waals surface area contributed by atoms with Gasteiger partial charge in [-0.25, -0.2) is 9.18 Å². The number of rotatable bonds is 4. The van der Waals surface area contributed by atoms with E-state index in [4.69, 9.17) is 5.73 Å². The third-order valence-electron chi connectivity index (χ3n) is 7.69. The lowest BCUT2D eigenvalue weighted by molar-refractivity contribution is -0.144. The van der Waals surface area contributed by atoms with Crippen molar-refractivity contribution in [1.82, 2.24) is 10.2 Å². The highest BCUT2D eigenvalue weighted by Gasteiger charge is 2.62. The molecule has 0 aromatic heterocycles. The van der Waals surface area contributed by atoms with Crippen LogP contribution in [0.3, 0.4) is 0 Å². The van der Waals surface area contributed by atoms with E-state index in [1.54, 1.807) is 12.1 Å². The van der Waals surface area contributed by atoms with Crippen LogP contribution in [0.15, 0.2) is 48.5 Å². The molecule has 3 amide bonds. The number of urea groups is 1. The monoisotopic (exact) mass is 450 g/mol. The number of β-lactam (4-membered cyclic amide) rings is 1. The second kappa shape index (κ2) is 8.78. The number of piperidine rings is 1. The molecule has 2 heterocycles. The Bertz CT molecular complexity index is 1010. The molecule has 2 aliphatic heterocycles. The molecule has 7 heteroatoms. The van der Waals surface area contributed by atoms with E-state index in [1.807, 2.05) is 34.1 Å². The Kier molecular flexibility index (Phi) is 5.83. The summed E-state index contributed by atoms with van der Waals surface area (Å²) >= 11 is 0. The summed E-state index contributed by atoms with van der Waals surface area (Å²) in [6, 6.07) is 14.2. The summed E-state index contributed by atoms with van der Waals surface area (Å²) in [5.74, 6) is -0.219. The van der Waals surface area contributed by atoms with Crippen LogP contribution in [0.4, 0.5) is 14.9 Å². The van der Waals surface area contributed by atoms with E-state index in [0.29, 0.717) is 32.5 Å². The number of hydrogen-bond acceptors (Lipinski definition) is 3. The average molecular weight is 451 g/mol. The van der Waals surface area contributed by atoms with Crippen molar-refractivity contribution in [3.63, 3.8) is 0 Å². The van der Waals surface area contributed by atoms with Gasteiger partial charge in [-0.2, -0.15) is 0 Å². The van der Waals surface area contributed by atoms with Crippen LogP contribution in [0.5, 0.6) is 0 Å². The predicted molar refractivity (Wildman–Crippen MR) is 125 cm³/mol. The lowest BCUT2D eigenvalue weighted by atomic mass is 9.62. The number of anilines is 1. The molecular weight excluding hydrogens is 419 g/mol. The smallest absolute Gasteiger partial charge is 0.317 e. The SMILES string of the molecule is NCc1ccc(N2C(=O)C3(CCN(C(=O)NC4CCCC4)CC3)C2c2ccc(F)cc2)cc1. The zero-order valence-electron chi connectivity index (χ0n) is 18.8. The second-order valence-corrected chi connectivity index (χ2v) is 9.57. The first-order chi connectivity index (χ1) is 16.0. The quantitative estimate of drug-likeness (QED) is 0.688. The summed E-state index contributed by atoms with van der Waals surface area (Å²) in [5.41, 5.74) is 7.89. The van der Waals surface area contributed by atoms with E-state index >= 15 is 0 Å². The van der Waals surface area contributed by atoms with Crippen molar-refractivity contribution in [2.45, 2.75) is 57.2 Å². The normalized spacial score (nSPS) is 22.5. The molecule has 0 bridgehead atoms. The number of nitrogens with zero attached hydrogens (tertiary/aromatic N) is 2. The number of amides is 3. The Morgan fingerprint density at radius 1 is 1.03 bits per heavy atom. The van der Waals surface area contributed by atoms with Crippen molar-refractivity contribution in [3.8, 4) is 0 Å². The van der Waals surface area contributed by atoms with Crippen LogP contribution in [0.25, 0.3) is 0 Å². The van der Waals surface area contributed by atoms with Gasteiger partial charge in [0.05, 0.1) is 11.5 Å². The van der Waals surface area contributed by atoms with Crippen LogP contribution in [0, 0.1) is 11.2 Å². The third-order valence-corrected chi connectivity index (χ3v) is 7.69. The van der Waals surface area contributed by atoms with Gasteiger partial charge in [0.25, 0.3) is 0 Å². The minimum absolute atomic E-state index is 0.0175. The molecule has 2 aromatic rings. The Balaban J connectivity index is 1.37. The van der Waals surface area contributed by atoms with Gasteiger partial charge in [-0.1, -0.05) is 37.1 Å². The summed E-state index contributed by atoms with van der Waals surface area (Å²) < 4.78 is 13.6. The van der Waals surface area contributed by atoms with Crippen molar-refractivity contribution in [1.29, 1.82) is 0 Å². The second-order valence-electron chi connectivity index (χ2n) is 9.57. The molecule has 6 nitrogen and oxygen atoms in total. The number of carbonyl (C=O) groups excluding carboxylic acids is 2. The molecule has 33 heavy (non-hydrogen) atoms. The van der Waals surface area contributed by atoms with Crippen molar-refractivity contribution in [2.75, 3.05) is 18.0 Å². The van der Waals surface area contributed by atoms with Gasteiger partial charge in [0.1, 0.15) is 5.82 Å². The first-order valence-corrected chi connectivity index (χ1v) is 12.0. The topological polar surface area (TPSA) is 78.7 Å². The molecule has 1 aliphatic carbocycles. The highest BCUT2D eigenvalue weighted by atomic mass is 19.1. The van der Waals surface area contributed by atoms with Crippen molar-refractivity contribution in [2.24, 2.45) is 11.1 Å². The van der Waals surface area contributed by atoms with E-state index in [0.717, 1.165) is 29.7 Å². The molecule has 1 atom stereocenters. The molecule has 3 aliphatic rings. The summed E-state index contributed by atoms with van der Waals surface area (Å²) in [5, 5.41) is 3.16. The maximum absolute atomic E-state index is 13.6. The Labute approximate surface area is 193 Å². The number of benzene rings is 2. The molecule has 1 spiro atoms. The van der Waals surface area contributed by atoms with Gasteiger partial charge in [0.2, 0.25) is 5.91 Å². The summed E-state index contributed by atoms with van der Waals surface area (Å²) in [7, 11) is 0. The standard InChI is InChI=1S/C26H31FN4O2/c27-20-9-7-19(8-10-20)23-26(24(32)31(23)22-11-5-18(17-28)6-12-22)13-15-30(16-14-26)25(33)29-21-3-1-2-4-21/h5-12,21,23H,1-4,13-17,28H2,(H,29,33). The molecule has 2 aromatic carbocycles. The highest BCUT2D eigenvalue weighted by Crippen LogP contribution is 2.57. The van der Waals surface area contributed by atoms with Crippen LogP contribution in [-0.2, 0) is 11.3 Å². The van der Waals surface area contributed by atoms with Gasteiger partial charge in [-0.05, 0) is 61.1 Å². The third kappa shape index (κ3) is 3.88. The number of likely N-dealkylation sites (tertiary alicyclic amines) is 1. The fourth-order valence-electron chi connectivity index (χ4n) is 5.76. The number of carbonyl (C=O) groups is 2. The van der Waals surface area contributed by atoms with E-state index in [2.05, 4.69) is 5.32 Å². The van der Waals surface area contributed by atoms with Gasteiger partial charge in [0.15, 0.2) is 0 Å². The van der Waals surface area contributed by atoms with E-state index in [-0.39, 0.29) is 29.8 Å². The van der Waals surface area contributed by atoms with Gasteiger partial charge < -0.3 is 20.9 Å². The van der Waals surface area contributed by atoms with Crippen molar-refractivity contribution in [3.05, 3.63) is 65.5 Å². The van der Waals surface area contributed by atoms with Crippen molar-refractivity contribution >= 4 is 17.6 Å². The zero-order chi connectivity index (χ0) is 23.0. The molecule has 3 N–H and O–H groups in total. The average Bonchev–Trinajstić information content (AvgIpc) is 3.36. The maximum atomic E-state index is 13.6. The van der Waals surface area contributed by atoms with Crippen LogP contribution < -0.4 is 16.0 Å². The predicted octanol–water partition coefficient (Wildman–Crippen LogP) is 4.11. The van der Waals surface area contributed by atoms with Gasteiger partial charge in [-0.3, -0.25) is 4.79 Å². The van der Waals surface area contributed by atoms with Gasteiger partial charge in [0, 0.05) is 31.4 Å². The Morgan fingerprint density at radius 2 is 1.67 bits per heavy atom. The molecule has 1 unspecified atom stereocenters. The van der Waals surface area contributed by atoms with Crippen molar-refractivity contribution < 1.29 is 14.0 Å². The Hall–Kier alpha value is -2.93. The number of hydrogen-bond donors (Lipinski definition) is 2. The lowest BCUT2D eigenvalue weighted by Crippen LogP contribution is -2.67. The van der Waals surface area contributed by atoms with E-state index in [9.17, 15) is 14.0 Å². The van der Waals surface area contributed by atoms with Gasteiger partial charge in [-0.15, -0.1) is 0 Å². The lowest BCUT2D eigenvalue weighted by Gasteiger charge is -2.59. The zero-order valence-corrected chi connectivity index (χ0v) is 18.8. The summed E-state index contributed by atoms with van der Waals surface area (Å²) in [4.78, 5) is 30.0.